The van der Waals surface area contributed by atoms with Crippen molar-refractivity contribution in [2.24, 2.45) is 0 Å². The molecule has 0 spiro atoms. The molecule has 0 aromatic heterocycles. The minimum absolute atomic E-state index is 0.0493. The lowest BCUT2D eigenvalue weighted by atomic mass is 10.1. The molecule has 0 N–H and O–H groups in total. The Bertz CT molecular complexity index is 359. The van der Waals surface area contributed by atoms with Crippen molar-refractivity contribution in [2.75, 3.05) is 0 Å². The summed E-state index contributed by atoms with van der Waals surface area (Å²) in [6.07, 6.45) is 1.27. The summed E-state index contributed by atoms with van der Waals surface area (Å²) < 4.78 is 19.9. The second-order valence-corrected chi connectivity index (χ2v) is 22.2. The van der Waals surface area contributed by atoms with E-state index in [1.54, 1.807) is 0 Å². The fraction of sp³-hybridized carbons (Fsp3) is 1.00. The van der Waals surface area contributed by atoms with Gasteiger partial charge in [0.1, 0.15) is 0 Å². The van der Waals surface area contributed by atoms with Gasteiger partial charge in [-0.15, -0.1) is 0 Å². The minimum atomic E-state index is -1.68. The highest BCUT2D eigenvalue weighted by Crippen LogP contribution is 2.27. The van der Waals surface area contributed by atoms with E-state index in [0.29, 0.717) is 0 Å². The van der Waals surface area contributed by atoms with Crippen LogP contribution >= 0.6 is 0 Å². The smallest absolute Gasteiger partial charge is 0.187 e. The van der Waals surface area contributed by atoms with E-state index < -0.39 is 25.0 Å². The van der Waals surface area contributed by atoms with Crippen molar-refractivity contribution >= 4 is 25.0 Å². The normalized spacial score (nSPS) is 17.6. The second kappa shape index (κ2) is 10.0. The molecule has 0 fully saturated rings. The zero-order valence-corrected chi connectivity index (χ0v) is 21.3. The lowest BCUT2D eigenvalue weighted by molar-refractivity contribution is -0.0284. The summed E-state index contributed by atoms with van der Waals surface area (Å²) in [5.74, 6) is 0. The highest BCUT2D eigenvalue weighted by molar-refractivity contribution is 6.72. The second-order valence-electron chi connectivity index (χ2n) is 8.81. The van der Waals surface area contributed by atoms with Crippen LogP contribution in [0.2, 0.25) is 57.4 Å². The minimum Gasteiger partial charge on any atom is -0.412 e. The van der Waals surface area contributed by atoms with Crippen LogP contribution in [0.1, 0.15) is 41.0 Å². The maximum atomic E-state index is 6.72. The van der Waals surface area contributed by atoms with Crippen LogP contribution in [-0.2, 0) is 13.3 Å². The molecule has 6 heteroatoms. The van der Waals surface area contributed by atoms with Crippen LogP contribution in [0.15, 0.2) is 0 Å². The average Bonchev–Trinajstić information content (AvgIpc) is 2.50. The van der Waals surface area contributed by atoms with Gasteiger partial charge in [0, 0.05) is 0 Å². The van der Waals surface area contributed by atoms with Crippen molar-refractivity contribution in [2.45, 2.75) is 117 Å². The van der Waals surface area contributed by atoms with E-state index in [1.807, 2.05) is 0 Å². The van der Waals surface area contributed by atoms with Gasteiger partial charge in [-0.3, -0.25) is 0 Å². The topological polar surface area (TPSA) is 27.7 Å². The highest BCUT2D eigenvalue weighted by Gasteiger charge is 2.38. The zero-order chi connectivity index (χ0) is 19.2. The quantitative estimate of drug-likeness (QED) is 0.367. The Hall–Kier alpha value is 0.531. The van der Waals surface area contributed by atoms with Crippen LogP contribution < -0.4 is 0 Å². The molecule has 0 aliphatic heterocycles. The molecule has 24 heavy (non-hydrogen) atoms. The van der Waals surface area contributed by atoms with Crippen LogP contribution in [0.25, 0.3) is 0 Å². The van der Waals surface area contributed by atoms with Crippen molar-refractivity contribution < 1.29 is 13.3 Å². The van der Waals surface area contributed by atoms with Crippen molar-refractivity contribution in [3.8, 4) is 0 Å². The summed E-state index contributed by atoms with van der Waals surface area (Å²) in [6.45, 7) is 25.0. The van der Waals surface area contributed by atoms with E-state index >= 15 is 0 Å². The SMILES string of the molecule is CC[C@@H](O[Si](C)(C)CC)[C@@H](O[Si](C)(C)CC)[C@H](C)O[Si](C)(C)CC. The van der Waals surface area contributed by atoms with E-state index in [4.69, 9.17) is 13.3 Å². The molecule has 0 aliphatic rings. The summed E-state index contributed by atoms with van der Waals surface area (Å²) in [4.78, 5) is 0. The van der Waals surface area contributed by atoms with Crippen molar-refractivity contribution in [1.29, 1.82) is 0 Å². The van der Waals surface area contributed by atoms with Crippen molar-refractivity contribution in [1.82, 2.24) is 0 Å². The van der Waals surface area contributed by atoms with Gasteiger partial charge in [0.05, 0.1) is 18.3 Å². The molecular weight excluding hydrogens is 348 g/mol. The van der Waals surface area contributed by atoms with Gasteiger partial charge in [-0.05, 0) is 70.8 Å². The van der Waals surface area contributed by atoms with Gasteiger partial charge in [-0.2, -0.15) is 0 Å². The molecule has 0 aromatic carbocycles. The number of hydrogen-bond donors (Lipinski definition) is 0. The Labute approximate surface area is 155 Å². The van der Waals surface area contributed by atoms with E-state index in [0.717, 1.165) is 24.6 Å². The molecule has 3 nitrogen and oxygen atoms in total. The number of hydrogen-bond acceptors (Lipinski definition) is 3. The summed E-state index contributed by atoms with van der Waals surface area (Å²) in [6, 6.07) is 3.39. The Balaban J connectivity index is 5.42. The molecule has 0 unspecified atom stereocenters. The Morgan fingerprint density at radius 1 is 0.625 bits per heavy atom. The van der Waals surface area contributed by atoms with Gasteiger partial charge in [0.15, 0.2) is 25.0 Å². The standard InChI is InChI=1S/C18H44O3Si3/c1-12-17(20-23(8,9)14-3)18(21-24(10,11)15-4)16(5)19-22(6,7)13-2/h16-18H,12-15H2,1-11H3/t16-,17+,18-/m0/s1. The van der Waals surface area contributed by atoms with Crippen molar-refractivity contribution in [3.63, 3.8) is 0 Å². The molecule has 0 rings (SSSR count). The van der Waals surface area contributed by atoms with Gasteiger partial charge in [-0.1, -0.05) is 27.7 Å². The molecular formula is C18H44O3Si3. The van der Waals surface area contributed by atoms with Gasteiger partial charge < -0.3 is 13.3 Å². The first-order valence-electron chi connectivity index (χ1n) is 9.86. The highest BCUT2D eigenvalue weighted by atomic mass is 28.4. The predicted molar refractivity (Wildman–Crippen MR) is 114 cm³/mol. The lowest BCUT2D eigenvalue weighted by Crippen LogP contribution is -2.52. The van der Waals surface area contributed by atoms with Crippen LogP contribution in [-0.4, -0.2) is 43.3 Å². The molecule has 3 atom stereocenters. The van der Waals surface area contributed by atoms with E-state index in [-0.39, 0.29) is 18.3 Å². The molecule has 146 valence electrons. The molecule has 0 heterocycles. The molecule has 0 aliphatic carbocycles. The van der Waals surface area contributed by atoms with Gasteiger partial charge in [-0.25, -0.2) is 0 Å². The predicted octanol–water partition coefficient (Wildman–Crippen LogP) is 6.25. The van der Waals surface area contributed by atoms with Gasteiger partial charge in [0.2, 0.25) is 0 Å². The fourth-order valence-corrected chi connectivity index (χ4v) is 6.30. The largest absolute Gasteiger partial charge is 0.412 e. The summed E-state index contributed by atoms with van der Waals surface area (Å²) in [5, 5.41) is 0. The fourth-order valence-electron chi connectivity index (χ4n) is 2.46. The van der Waals surface area contributed by atoms with Crippen molar-refractivity contribution in [3.05, 3.63) is 0 Å². The maximum absolute atomic E-state index is 6.72. The third-order valence-electron chi connectivity index (χ3n) is 5.22. The van der Waals surface area contributed by atoms with Crippen LogP contribution in [0.4, 0.5) is 0 Å². The first-order valence-corrected chi connectivity index (χ1v) is 19.2. The number of rotatable bonds is 12. The summed E-state index contributed by atoms with van der Waals surface area (Å²) in [7, 11) is -4.94. The van der Waals surface area contributed by atoms with Crippen LogP contribution in [0.3, 0.4) is 0 Å². The van der Waals surface area contributed by atoms with E-state index in [1.165, 1.54) is 0 Å². The molecule has 0 radical (unpaired) electrons. The maximum Gasteiger partial charge on any atom is 0.187 e. The molecule has 0 aromatic rings. The average molecular weight is 393 g/mol. The molecule has 0 amide bonds. The lowest BCUT2D eigenvalue weighted by Gasteiger charge is -2.41. The Morgan fingerprint density at radius 2 is 1.00 bits per heavy atom. The molecule has 0 saturated carbocycles. The Kier molecular flexibility index (Phi) is 10.2. The van der Waals surface area contributed by atoms with Gasteiger partial charge >= 0.3 is 0 Å². The van der Waals surface area contributed by atoms with Gasteiger partial charge in [0.25, 0.3) is 0 Å². The third kappa shape index (κ3) is 8.76. The first-order chi connectivity index (χ1) is 10.8. The summed E-state index contributed by atoms with van der Waals surface area (Å²) in [5.41, 5.74) is 0. The monoisotopic (exact) mass is 392 g/mol. The van der Waals surface area contributed by atoms with E-state index in [9.17, 15) is 0 Å². The third-order valence-corrected chi connectivity index (χ3v) is 13.2. The van der Waals surface area contributed by atoms with Crippen LogP contribution in [0.5, 0.6) is 0 Å². The molecule has 0 saturated heterocycles. The molecule has 0 bridgehead atoms. The Morgan fingerprint density at radius 3 is 1.38 bits per heavy atom. The van der Waals surface area contributed by atoms with Crippen LogP contribution in [0, 0.1) is 0 Å². The summed E-state index contributed by atoms with van der Waals surface area (Å²) >= 11 is 0. The van der Waals surface area contributed by atoms with E-state index in [2.05, 4.69) is 73.9 Å². The zero-order valence-electron chi connectivity index (χ0n) is 18.3. The first kappa shape index (κ1) is 24.5.